The molecule has 0 saturated carbocycles. The first-order valence-electron chi connectivity index (χ1n) is 13.3. The van der Waals surface area contributed by atoms with Crippen LogP contribution >= 0.6 is 22.6 Å². The minimum atomic E-state index is -4.12. The van der Waals surface area contributed by atoms with Crippen molar-refractivity contribution in [3.8, 4) is 28.6 Å². The minimum absolute atomic E-state index is 0.0427. The van der Waals surface area contributed by atoms with Crippen molar-refractivity contribution in [1.82, 2.24) is 29.7 Å². The number of para-hydroxylation sites is 1. The fourth-order valence-electron chi connectivity index (χ4n) is 4.84. The van der Waals surface area contributed by atoms with Crippen LogP contribution in [0, 0.1) is 5.82 Å². The van der Waals surface area contributed by atoms with E-state index in [0.29, 0.717) is 35.1 Å². The Hall–Kier alpha value is -3.64. The standard InChI is InChI=1S/C27H30FIN8O5S/c1-17(11-29)42-20-10-21(16-36(15-20)26-31-13-19(28)14-32-26)43(38,39)35-27-34-33-25(18-6-5-9-30-12-18)37(27)24-22(40-2)7-4-8-23(24)41-3/h4-9,12-14,17,20-21H,10-11,15-16H2,1-3H3,(H,34,35)/t17?,20-,21-/m0/s1. The van der Waals surface area contributed by atoms with Crippen molar-refractivity contribution in [3.63, 3.8) is 0 Å². The Morgan fingerprint density at radius 3 is 2.42 bits per heavy atom. The van der Waals surface area contributed by atoms with Crippen LogP contribution in [0.2, 0.25) is 0 Å². The fourth-order valence-corrected chi connectivity index (χ4v) is 6.44. The predicted octanol–water partition coefficient (Wildman–Crippen LogP) is 3.50. The Balaban J connectivity index is 1.55. The van der Waals surface area contributed by atoms with Crippen LogP contribution in [0.15, 0.2) is 55.1 Å². The van der Waals surface area contributed by atoms with Gasteiger partial charge in [-0.25, -0.2) is 22.8 Å². The van der Waals surface area contributed by atoms with Gasteiger partial charge in [0.25, 0.3) is 0 Å². The van der Waals surface area contributed by atoms with Crippen molar-refractivity contribution >= 4 is 44.5 Å². The maximum atomic E-state index is 14.1. The van der Waals surface area contributed by atoms with Crippen LogP contribution in [0.3, 0.4) is 0 Å². The molecule has 43 heavy (non-hydrogen) atoms. The molecular weight excluding hydrogens is 694 g/mol. The van der Waals surface area contributed by atoms with Gasteiger partial charge in [-0.1, -0.05) is 28.7 Å². The Morgan fingerprint density at radius 2 is 1.79 bits per heavy atom. The van der Waals surface area contributed by atoms with Crippen LogP contribution in [-0.2, 0) is 14.8 Å². The lowest BCUT2D eigenvalue weighted by molar-refractivity contribution is 0.00521. The van der Waals surface area contributed by atoms with E-state index in [1.807, 2.05) is 6.92 Å². The zero-order valence-corrected chi connectivity index (χ0v) is 26.6. The molecule has 0 radical (unpaired) electrons. The van der Waals surface area contributed by atoms with Gasteiger partial charge in [-0.05, 0) is 37.6 Å². The van der Waals surface area contributed by atoms with E-state index >= 15 is 0 Å². The molecule has 1 aliphatic heterocycles. The van der Waals surface area contributed by atoms with Gasteiger partial charge in [0.05, 0.1) is 38.8 Å². The molecule has 3 atom stereocenters. The quantitative estimate of drug-likeness (QED) is 0.179. The lowest BCUT2D eigenvalue weighted by Crippen LogP contribution is -2.52. The van der Waals surface area contributed by atoms with E-state index in [1.165, 1.54) is 18.8 Å². The van der Waals surface area contributed by atoms with Gasteiger partial charge < -0.3 is 19.1 Å². The van der Waals surface area contributed by atoms with E-state index in [1.54, 1.807) is 47.6 Å². The monoisotopic (exact) mass is 724 g/mol. The van der Waals surface area contributed by atoms with Crippen molar-refractivity contribution in [2.45, 2.75) is 30.8 Å². The molecule has 0 aliphatic carbocycles. The number of rotatable bonds is 11. The number of sulfonamides is 1. The first-order chi connectivity index (χ1) is 20.7. The Labute approximate surface area is 262 Å². The minimum Gasteiger partial charge on any atom is -0.494 e. The van der Waals surface area contributed by atoms with Crippen LogP contribution < -0.4 is 19.1 Å². The van der Waals surface area contributed by atoms with E-state index in [2.05, 4.69) is 52.5 Å². The number of piperidine rings is 1. The number of halogens is 2. The molecule has 4 aromatic rings. The normalized spacial score (nSPS) is 17.8. The summed E-state index contributed by atoms with van der Waals surface area (Å²) in [7, 11) is -1.12. The number of nitrogens with one attached hydrogen (secondary N) is 1. The van der Waals surface area contributed by atoms with E-state index in [0.717, 1.165) is 16.8 Å². The van der Waals surface area contributed by atoms with Crippen molar-refractivity contribution in [3.05, 3.63) is 60.9 Å². The number of aromatic nitrogens is 6. The maximum absolute atomic E-state index is 14.1. The average Bonchev–Trinajstić information content (AvgIpc) is 3.43. The maximum Gasteiger partial charge on any atom is 0.243 e. The third kappa shape index (κ3) is 6.80. The number of nitrogens with zero attached hydrogens (tertiary/aromatic N) is 7. The van der Waals surface area contributed by atoms with Crippen LogP contribution in [0.25, 0.3) is 17.1 Å². The fraction of sp³-hybridized carbons (Fsp3) is 0.370. The topological polar surface area (TPSA) is 146 Å². The molecule has 5 rings (SSSR count). The molecule has 3 aromatic heterocycles. The van der Waals surface area contributed by atoms with Crippen molar-refractivity contribution in [2.75, 3.05) is 41.4 Å². The SMILES string of the molecule is COc1cccc(OC)c1-n1c(NS(=O)(=O)[C@H]2C[C@H](OC(C)CI)CN(c3ncc(F)cn3)C2)nnc1-c1cccnc1. The number of hydrogen-bond donors (Lipinski definition) is 1. The molecule has 1 aliphatic rings. The molecule has 4 heterocycles. The highest BCUT2D eigenvalue weighted by Crippen LogP contribution is 2.38. The molecule has 1 fully saturated rings. The predicted molar refractivity (Wildman–Crippen MR) is 166 cm³/mol. The second kappa shape index (κ2) is 13.3. The molecule has 0 bridgehead atoms. The number of alkyl halides is 1. The van der Waals surface area contributed by atoms with E-state index in [4.69, 9.17) is 14.2 Å². The average molecular weight is 725 g/mol. The van der Waals surface area contributed by atoms with Gasteiger partial charge in [-0.15, -0.1) is 10.2 Å². The smallest absolute Gasteiger partial charge is 0.243 e. The zero-order valence-electron chi connectivity index (χ0n) is 23.6. The van der Waals surface area contributed by atoms with Gasteiger partial charge in [0.1, 0.15) is 22.4 Å². The number of pyridine rings is 1. The summed E-state index contributed by atoms with van der Waals surface area (Å²) in [6.45, 7) is 2.31. The first-order valence-corrected chi connectivity index (χ1v) is 16.3. The highest BCUT2D eigenvalue weighted by atomic mass is 127. The van der Waals surface area contributed by atoms with Crippen LogP contribution in [0.4, 0.5) is 16.3 Å². The summed E-state index contributed by atoms with van der Waals surface area (Å²) in [6.07, 6.45) is 4.95. The molecule has 1 unspecified atom stereocenters. The third-order valence-corrected chi connectivity index (χ3v) is 9.71. The number of anilines is 2. The summed E-state index contributed by atoms with van der Waals surface area (Å²) in [6, 6.07) is 8.72. The lowest BCUT2D eigenvalue weighted by atomic mass is 10.1. The lowest BCUT2D eigenvalue weighted by Gasteiger charge is -2.38. The molecule has 16 heteroatoms. The summed E-state index contributed by atoms with van der Waals surface area (Å²) < 4.78 is 64.0. The Bertz CT molecular complexity index is 1620. The van der Waals surface area contributed by atoms with E-state index in [-0.39, 0.29) is 31.0 Å². The second-order valence-corrected chi connectivity index (χ2v) is 12.6. The molecule has 13 nitrogen and oxygen atoms in total. The first kappa shape index (κ1) is 30.8. The van der Waals surface area contributed by atoms with Crippen LogP contribution in [0.5, 0.6) is 11.5 Å². The second-order valence-electron chi connectivity index (χ2n) is 9.77. The summed E-state index contributed by atoms with van der Waals surface area (Å²) in [5, 5.41) is 7.60. The number of hydrogen-bond acceptors (Lipinski definition) is 11. The van der Waals surface area contributed by atoms with Crippen LogP contribution in [-0.4, -0.2) is 87.3 Å². The molecule has 1 saturated heterocycles. The number of benzene rings is 1. The van der Waals surface area contributed by atoms with Crippen molar-refractivity contribution in [1.29, 1.82) is 0 Å². The summed E-state index contributed by atoms with van der Waals surface area (Å²) in [4.78, 5) is 14.0. The van der Waals surface area contributed by atoms with E-state index < -0.39 is 27.2 Å². The zero-order chi connectivity index (χ0) is 30.6. The van der Waals surface area contributed by atoms with Crippen molar-refractivity contribution in [2.24, 2.45) is 0 Å². The molecule has 0 spiro atoms. The highest BCUT2D eigenvalue weighted by Gasteiger charge is 2.39. The molecule has 0 amide bonds. The third-order valence-electron chi connectivity index (χ3n) is 6.79. The van der Waals surface area contributed by atoms with Gasteiger partial charge in [-0.2, -0.15) is 0 Å². The van der Waals surface area contributed by atoms with Gasteiger partial charge in [-0.3, -0.25) is 14.3 Å². The Kier molecular flexibility index (Phi) is 9.55. The summed E-state index contributed by atoms with van der Waals surface area (Å²) >= 11 is 2.22. The Morgan fingerprint density at radius 1 is 1.07 bits per heavy atom. The van der Waals surface area contributed by atoms with Gasteiger partial charge in [0.2, 0.25) is 21.9 Å². The molecular formula is C27H30FIN8O5S. The molecule has 1 aromatic carbocycles. The number of ether oxygens (including phenoxy) is 3. The van der Waals surface area contributed by atoms with Gasteiger partial charge in [0, 0.05) is 35.5 Å². The highest BCUT2D eigenvalue weighted by molar-refractivity contribution is 14.1. The van der Waals surface area contributed by atoms with Gasteiger partial charge in [0.15, 0.2) is 11.6 Å². The summed E-state index contributed by atoms with van der Waals surface area (Å²) in [5.41, 5.74) is 0.989. The van der Waals surface area contributed by atoms with Crippen LogP contribution in [0.1, 0.15) is 13.3 Å². The number of methoxy groups -OCH3 is 2. The molecule has 228 valence electrons. The van der Waals surface area contributed by atoms with E-state index in [9.17, 15) is 12.8 Å². The van der Waals surface area contributed by atoms with Gasteiger partial charge >= 0.3 is 0 Å². The molecule has 1 N–H and O–H groups in total. The summed E-state index contributed by atoms with van der Waals surface area (Å²) in [5.74, 6) is 0.670. The largest absolute Gasteiger partial charge is 0.494 e. The van der Waals surface area contributed by atoms with Crippen molar-refractivity contribution < 1.29 is 27.0 Å².